The lowest BCUT2D eigenvalue weighted by Gasteiger charge is -2.19. The molecule has 1 N–H and O–H groups in total. The maximum Gasteiger partial charge on any atom is 0.416 e. The molecule has 1 aliphatic heterocycles. The van der Waals surface area contributed by atoms with Crippen molar-refractivity contribution in [1.29, 1.82) is 0 Å². The minimum absolute atomic E-state index is 0.0322. The molecule has 0 spiro atoms. The molecule has 0 radical (unpaired) electrons. The third-order valence-corrected chi connectivity index (χ3v) is 3.94. The monoisotopic (exact) mass is 368 g/mol. The van der Waals surface area contributed by atoms with E-state index in [1.807, 2.05) is 4.90 Å². The molecule has 0 atom stereocenters. The van der Waals surface area contributed by atoms with Gasteiger partial charge in [-0.1, -0.05) is 12.8 Å². The molecule has 140 valence electrons. The molecule has 1 aliphatic rings. The molecular formula is C16H18F6N2O. The fraction of sp³-hybridized carbons (Fsp3) is 0.562. The van der Waals surface area contributed by atoms with Crippen molar-refractivity contribution in [2.45, 2.75) is 38.0 Å². The number of nitrogens with one attached hydrogen (secondary N) is 1. The van der Waals surface area contributed by atoms with E-state index in [9.17, 15) is 31.1 Å². The number of anilines is 1. The number of hydrogen-bond donors (Lipinski definition) is 1. The van der Waals surface area contributed by atoms with Crippen LogP contribution in [0.25, 0.3) is 0 Å². The van der Waals surface area contributed by atoms with E-state index >= 15 is 0 Å². The van der Waals surface area contributed by atoms with Gasteiger partial charge < -0.3 is 5.32 Å². The Morgan fingerprint density at radius 3 is 1.80 bits per heavy atom. The Bertz CT molecular complexity index is 571. The standard InChI is InChI=1S/C16H18F6N2O/c17-15(18,19)11-7-12(16(20,21)22)9-13(8-11)23-14(25)10-24-5-3-1-2-4-6-24/h7-9H,1-6,10H2,(H,23,25). The highest BCUT2D eigenvalue weighted by Crippen LogP contribution is 2.37. The molecule has 1 saturated heterocycles. The average molecular weight is 368 g/mol. The Morgan fingerprint density at radius 1 is 0.880 bits per heavy atom. The van der Waals surface area contributed by atoms with E-state index in [0.29, 0.717) is 25.2 Å². The lowest BCUT2D eigenvalue weighted by molar-refractivity contribution is -0.143. The van der Waals surface area contributed by atoms with Gasteiger partial charge in [-0.25, -0.2) is 0 Å². The fourth-order valence-electron chi connectivity index (χ4n) is 2.72. The number of rotatable bonds is 3. The van der Waals surface area contributed by atoms with Crippen LogP contribution in [0.3, 0.4) is 0 Å². The Morgan fingerprint density at radius 2 is 1.36 bits per heavy atom. The summed E-state index contributed by atoms with van der Waals surface area (Å²) in [5.41, 5.74) is -3.42. The molecule has 0 aromatic heterocycles. The zero-order valence-electron chi connectivity index (χ0n) is 13.3. The second-order valence-electron chi connectivity index (χ2n) is 6.03. The van der Waals surface area contributed by atoms with E-state index in [-0.39, 0.29) is 12.6 Å². The summed E-state index contributed by atoms with van der Waals surface area (Å²) in [7, 11) is 0. The molecule has 9 heteroatoms. The SMILES string of the molecule is O=C(CN1CCCCCC1)Nc1cc(C(F)(F)F)cc(C(F)(F)F)c1. The van der Waals surface area contributed by atoms with Gasteiger partial charge in [-0.05, 0) is 44.1 Å². The van der Waals surface area contributed by atoms with Crippen LogP contribution in [0.1, 0.15) is 36.8 Å². The van der Waals surface area contributed by atoms with E-state index in [0.717, 1.165) is 25.7 Å². The van der Waals surface area contributed by atoms with Crippen molar-refractivity contribution in [3.05, 3.63) is 29.3 Å². The van der Waals surface area contributed by atoms with Crippen molar-refractivity contribution < 1.29 is 31.1 Å². The quantitative estimate of drug-likeness (QED) is 0.795. The fourth-order valence-corrected chi connectivity index (χ4v) is 2.72. The van der Waals surface area contributed by atoms with Crippen LogP contribution in [0.15, 0.2) is 18.2 Å². The number of nitrogens with zero attached hydrogens (tertiary/aromatic N) is 1. The molecule has 2 rings (SSSR count). The van der Waals surface area contributed by atoms with E-state index in [4.69, 9.17) is 0 Å². The molecule has 1 fully saturated rings. The van der Waals surface area contributed by atoms with Gasteiger partial charge in [0.1, 0.15) is 0 Å². The largest absolute Gasteiger partial charge is 0.416 e. The van der Waals surface area contributed by atoms with Crippen molar-refractivity contribution in [3.8, 4) is 0 Å². The van der Waals surface area contributed by atoms with Crippen LogP contribution in [0, 0.1) is 0 Å². The van der Waals surface area contributed by atoms with Crippen LogP contribution in [0.5, 0.6) is 0 Å². The van der Waals surface area contributed by atoms with Crippen molar-refractivity contribution in [3.63, 3.8) is 0 Å². The van der Waals surface area contributed by atoms with Gasteiger partial charge in [-0.3, -0.25) is 9.69 Å². The lowest BCUT2D eigenvalue weighted by atomic mass is 10.1. The summed E-state index contributed by atoms with van der Waals surface area (Å²) in [5.74, 6) is -0.630. The summed E-state index contributed by atoms with van der Waals surface area (Å²) < 4.78 is 76.8. The van der Waals surface area contributed by atoms with Crippen molar-refractivity contribution in [2.24, 2.45) is 0 Å². The molecule has 1 heterocycles. The first-order chi connectivity index (χ1) is 11.6. The average Bonchev–Trinajstić information content (AvgIpc) is 2.73. The Labute approximate surface area is 141 Å². The number of likely N-dealkylation sites (tertiary alicyclic amines) is 1. The Balaban J connectivity index is 2.15. The van der Waals surface area contributed by atoms with Gasteiger partial charge in [0.15, 0.2) is 0 Å². The van der Waals surface area contributed by atoms with Gasteiger partial charge in [0, 0.05) is 5.69 Å². The Kier molecular flexibility index (Phi) is 5.97. The highest BCUT2D eigenvalue weighted by atomic mass is 19.4. The lowest BCUT2D eigenvalue weighted by Crippen LogP contribution is -2.34. The summed E-state index contributed by atoms with van der Waals surface area (Å²) in [4.78, 5) is 13.8. The summed E-state index contributed by atoms with van der Waals surface area (Å²) in [6.45, 7) is 1.31. The van der Waals surface area contributed by atoms with Crippen LogP contribution < -0.4 is 5.32 Å². The minimum atomic E-state index is -4.94. The van der Waals surface area contributed by atoms with Crippen LogP contribution in [0.2, 0.25) is 0 Å². The molecule has 3 nitrogen and oxygen atoms in total. The molecule has 1 amide bonds. The topological polar surface area (TPSA) is 32.3 Å². The number of halogens is 6. The van der Waals surface area contributed by atoms with Gasteiger partial charge in [0.2, 0.25) is 5.91 Å². The first kappa shape index (κ1) is 19.6. The number of benzene rings is 1. The van der Waals surface area contributed by atoms with Crippen LogP contribution in [-0.4, -0.2) is 30.4 Å². The summed E-state index contributed by atoms with van der Waals surface area (Å²) >= 11 is 0. The van der Waals surface area contributed by atoms with Crippen molar-refractivity contribution in [1.82, 2.24) is 4.90 Å². The smallest absolute Gasteiger partial charge is 0.325 e. The van der Waals surface area contributed by atoms with Gasteiger partial charge in [-0.15, -0.1) is 0 Å². The summed E-state index contributed by atoms with van der Waals surface area (Å²) in [6.07, 6.45) is -5.97. The van der Waals surface area contributed by atoms with Crippen LogP contribution >= 0.6 is 0 Å². The number of hydrogen-bond acceptors (Lipinski definition) is 2. The first-order valence-electron chi connectivity index (χ1n) is 7.87. The second-order valence-corrected chi connectivity index (χ2v) is 6.03. The van der Waals surface area contributed by atoms with E-state index in [1.54, 1.807) is 0 Å². The van der Waals surface area contributed by atoms with Gasteiger partial charge in [0.05, 0.1) is 17.7 Å². The maximum atomic E-state index is 12.8. The maximum absolute atomic E-state index is 12.8. The van der Waals surface area contributed by atoms with Crippen LogP contribution in [-0.2, 0) is 17.1 Å². The van der Waals surface area contributed by atoms with Crippen molar-refractivity contribution in [2.75, 3.05) is 25.0 Å². The van der Waals surface area contributed by atoms with E-state index < -0.39 is 35.1 Å². The summed E-state index contributed by atoms with van der Waals surface area (Å²) in [5, 5.41) is 2.15. The first-order valence-corrected chi connectivity index (χ1v) is 7.87. The van der Waals surface area contributed by atoms with E-state index in [2.05, 4.69) is 5.32 Å². The minimum Gasteiger partial charge on any atom is -0.325 e. The molecule has 1 aromatic rings. The predicted molar refractivity (Wildman–Crippen MR) is 80.0 cm³/mol. The summed E-state index contributed by atoms with van der Waals surface area (Å²) in [6, 6.07) is 1.05. The normalized spacial score (nSPS) is 17.2. The van der Waals surface area contributed by atoms with E-state index in [1.165, 1.54) is 0 Å². The van der Waals surface area contributed by atoms with Crippen LogP contribution in [0.4, 0.5) is 32.0 Å². The number of carbonyl (C=O) groups excluding carboxylic acids is 1. The van der Waals surface area contributed by atoms with Crippen molar-refractivity contribution >= 4 is 11.6 Å². The number of alkyl halides is 6. The third-order valence-electron chi connectivity index (χ3n) is 3.94. The molecular weight excluding hydrogens is 350 g/mol. The molecule has 1 aromatic carbocycles. The molecule has 0 unspecified atom stereocenters. The zero-order valence-corrected chi connectivity index (χ0v) is 13.3. The Hall–Kier alpha value is -1.77. The highest BCUT2D eigenvalue weighted by Gasteiger charge is 2.37. The predicted octanol–water partition coefficient (Wildman–Crippen LogP) is 4.54. The highest BCUT2D eigenvalue weighted by molar-refractivity contribution is 5.92. The second kappa shape index (κ2) is 7.63. The zero-order chi connectivity index (χ0) is 18.7. The molecule has 25 heavy (non-hydrogen) atoms. The molecule has 0 bridgehead atoms. The third kappa shape index (κ3) is 5.91. The molecule has 0 saturated carbocycles. The van der Waals surface area contributed by atoms with Gasteiger partial charge in [0.25, 0.3) is 0 Å². The number of amides is 1. The number of carbonyl (C=O) groups is 1. The van der Waals surface area contributed by atoms with Gasteiger partial charge in [-0.2, -0.15) is 26.3 Å². The van der Waals surface area contributed by atoms with Gasteiger partial charge >= 0.3 is 12.4 Å². The molecule has 0 aliphatic carbocycles.